The van der Waals surface area contributed by atoms with Gasteiger partial charge in [-0.25, -0.2) is 8.42 Å². The first-order valence-corrected chi connectivity index (χ1v) is 8.74. The minimum Gasteiger partial charge on any atom is -0.492 e. The highest BCUT2D eigenvalue weighted by Crippen LogP contribution is 2.29. The van der Waals surface area contributed by atoms with Gasteiger partial charge in [0.05, 0.1) is 28.7 Å². The van der Waals surface area contributed by atoms with Crippen molar-refractivity contribution in [1.29, 1.82) is 0 Å². The lowest BCUT2D eigenvalue weighted by molar-refractivity contribution is -0.0440. The SMILES string of the molecule is CCOc1cc(S(=O)(=O)N2C[C@@H](C)O[C@H](C)C2)ccc1Cl. The minimum absolute atomic E-state index is 0.123. The van der Waals surface area contributed by atoms with Crippen LogP contribution in [0.4, 0.5) is 0 Å². The lowest BCUT2D eigenvalue weighted by atomic mass is 10.3. The third-order valence-corrected chi connectivity index (χ3v) is 5.37. The number of hydrogen-bond donors (Lipinski definition) is 0. The predicted octanol–water partition coefficient (Wildman–Crippen LogP) is 2.54. The minimum atomic E-state index is -3.57. The van der Waals surface area contributed by atoms with Gasteiger partial charge in [-0.05, 0) is 32.9 Å². The van der Waals surface area contributed by atoms with Crippen molar-refractivity contribution in [1.82, 2.24) is 4.31 Å². The van der Waals surface area contributed by atoms with Crippen LogP contribution in [0.3, 0.4) is 0 Å². The van der Waals surface area contributed by atoms with Crippen LogP contribution in [0.1, 0.15) is 20.8 Å². The van der Waals surface area contributed by atoms with E-state index in [1.807, 2.05) is 20.8 Å². The van der Waals surface area contributed by atoms with Gasteiger partial charge in [-0.15, -0.1) is 0 Å². The normalized spacial score (nSPS) is 24.0. The van der Waals surface area contributed by atoms with E-state index in [4.69, 9.17) is 21.1 Å². The van der Waals surface area contributed by atoms with E-state index in [-0.39, 0.29) is 17.1 Å². The Morgan fingerprint density at radius 2 is 1.95 bits per heavy atom. The summed E-state index contributed by atoms with van der Waals surface area (Å²) in [7, 11) is -3.57. The van der Waals surface area contributed by atoms with Crippen LogP contribution < -0.4 is 4.74 Å². The molecule has 0 N–H and O–H groups in total. The monoisotopic (exact) mass is 333 g/mol. The van der Waals surface area contributed by atoms with Crippen LogP contribution in [0.25, 0.3) is 0 Å². The summed E-state index contributed by atoms with van der Waals surface area (Å²) in [6.45, 7) is 6.67. The maximum atomic E-state index is 12.7. The fourth-order valence-corrected chi connectivity index (χ4v) is 4.16. The molecule has 118 valence electrons. The van der Waals surface area contributed by atoms with Gasteiger partial charge >= 0.3 is 0 Å². The molecule has 0 aromatic heterocycles. The zero-order valence-corrected chi connectivity index (χ0v) is 13.9. The molecule has 2 atom stereocenters. The van der Waals surface area contributed by atoms with Gasteiger partial charge in [-0.1, -0.05) is 11.6 Å². The Kier molecular flexibility index (Phi) is 5.14. The molecule has 1 aliphatic heterocycles. The van der Waals surface area contributed by atoms with E-state index in [2.05, 4.69) is 0 Å². The van der Waals surface area contributed by atoms with Gasteiger partial charge < -0.3 is 9.47 Å². The van der Waals surface area contributed by atoms with E-state index in [1.165, 1.54) is 16.4 Å². The third-order valence-electron chi connectivity index (χ3n) is 3.23. The molecule has 1 fully saturated rings. The smallest absolute Gasteiger partial charge is 0.243 e. The van der Waals surface area contributed by atoms with Gasteiger partial charge in [0.2, 0.25) is 10.0 Å². The van der Waals surface area contributed by atoms with Crippen LogP contribution in [0, 0.1) is 0 Å². The van der Waals surface area contributed by atoms with Crippen molar-refractivity contribution in [3.05, 3.63) is 23.2 Å². The summed E-state index contributed by atoms with van der Waals surface area (Å²) >= 11 is 6.00. The Hall–Kier alpha value is -0.820. The van der Waals surface area contributed by atoms with E-state index in [0.29, 0.717) is 30.5 Å². The molecule has 0 bridgehead atoms. The first-order valence-electron chi connectivity index (χ1n) is 6.92. The number of halogens is 1. The molecule has 0 aliphatic carbocycles. The first kappa shape index (κ1) is 16.5. The second kappa shape index (κ2) is 6.52. The first-order chi connectivity index (χ1) is 9.84. The molecule has 0 spiro atoms. The Morgan fingerprint density at radius 3 is 2.52 bits per heavy atom. The quantitative estimate of drug-likeness (QED) is 0.849. The Balaban J connectivity index is 2.33. The van der Waals surface area contributed by atoms with Gasteiger partial charge in [-0.3, -0.25) is 0 Å². The fourth-order valence-electron chi connectivity index (χ4n) is 2.39. The number of nitrogens with zero attached hydrogens (tertiary/aromatic N) is 1. The van der Waals surface area contributed by atoms with E-state index in [0.717, 1.165) is 0 Å². The molecule has 1 saturated heterocycles. The molecule has 1 aromatic carbocycles. The van der Waals surface area contributed by atoms with Crippen molar-refractivity contribution in [2.75, 3.05) is 19.7 Å². The molecule has 0 amide bonds. The molecule has 2 rings (SSSR count). The molecule has 7 heteroatoms. The summed E-state index contributed by atoms with van der Waals surface area (Å²) in [6.07, 6.45) is -0.246. The van der Waals surface area contributed by atoms with Crippen molar-refractivity contribution < 1.29 is 17.9 Å². The summed E-state index contributed by atoms with van der Waals surface area (Å²) in [5.74, 6) is 0.384. The van der Waals surface area contributed by atoms with Crippen molar-refractivity contribution in [2.24, 2.45) is 0 Å². The lowest BCUT2D eigenvalue weighted by Crippen LogP contribution is -2.48. The summed E-state index contributed by atoms with van der Waals surface area (Å²) < 4.78 is 37.8. The molecule has 21 heavy (non-hydrogen) atoms. The Morgan fingerprint density at radius 1 is 1.33 bits per heavy atom. The number of sulfonamides is 1. The van der Waals surface area contributed by atoms with E-state index in [1.54, 1.807) is 6.07 Å². The molecular formula is C14H20ClNO4S. The topological polar surface area (TPSA) is 55.8 Å². The highest BCUT2D eigenvalue weighted by molar-refractivity contribution is 7.89. The maximum absolute atomic E-state index is 12.7. The molecule has 5 nitrogen and oxygen atoms in total. The maximum Gasteiger partial charge on any atom is 0.243 e. The van der Waals surface area contributed by atoms with Crippen molar-refractivity contribution >= 4 is 21.6 Å². The number of rotatable bonds is 4. The molecule has 1 heterocycles. The molecule has 1 aromatic rings. The Bertz CT molecular complexity index is 595. The number of ether oxygens (including phenoxy) is 2. The molecule has 1 aliphatic rings. The van der Waals surface area contributed by atoms with Gasteiger partial charge in [0, 0.05) is 19.2 Å². The van der Waals surface area contributed by atoms with Gasteiger partial charge in [0.15, 0.2) is 0 Å². The number of morpholine rings is 1. The number of hydrogen-bond acceptors (Lipinski definition) is 4. The van der Waals surface area contributed by atoms with Crippen LogP contribution in [0.15, 0.2) is 23.1 Å². The average Bonchev–Trinajstić information content (AvgIpc) is 2.40. The zero-order valence-electron chi connectivity index (χ0n) is 12.4. The van der Waals surface area contributed by atoms with Crippen LogP contribution in [0.5, 0.6) is 5.75 Å². The summed E-state index contributed by atoms with van der Waals surface area (Å²) in [6, 6.07) is 4.53. The van der Waals surface area contributed by atoms with Crippen molar-refractivity contribution in [3.63, 3.8) is 0 Å². The molecular weight excluding hydrogens is 314 g/mol. The highest BCUT2D eigenvalue weighted by atomic mass is 35.5. The summed E-state index contributed by atoms with van der Waals surface area (Å²) in [4.78, 5) is 0.191. The lowest BCUT2D eigenvalue weighted by Gasteiger charge is -2.34. The zero-order chi connectivity index (χ0) is 15.6. The Labute approximate surface area is 130 Å². The van der Waals surface area contributed by atoms with Crippen molar-refractivity contribution in [2.45, 2.75) is 37.9 Å². The van der Waals surface area contributed by atoms with Crippen LogP contribution in [0.2, 0.25) is 5.02 Å². The van der Waals surface area contributed by atoms with Crippen LogP contribution in [-0.4, -0.2) is 44.6 Å². The largest absolute Gasteiger partial charge is 0.492 e. The van der Waals surface area contributed by atoms with Crippen molar-refractivity contribution in [3.8, 4) is 5.75 Å². The van der Waals surface area contributed by atoms with Gasteiger partial charge in [0.25, 0.3) is 0 Å². The molecule has 0 saturated carbocycles. The predicted molar refractivity (Wildman–Crippen MR) is 81.4 cm³/mol. The fraction of sp³-hybridized carbons (Fsp3) is 0.571. The van der Waals surface area contributed by atoms with E-state index in [9.17, 15) is 8.42 Å². The van der Waals surface area contributed by atoms with Crippen LogP contribution in [-0.2, 0) is 14.8 Å². The van der Waals surface area contributed by atoms with Crippen LogP contribution >= 0.6 is 11.6 Å². The average molecular weight is 334 g/mol. The highest BCUT2D eigenvalue weighted by Gasteiger charge is 2.32. The van der Waals surface area contributed by atoms with Gasteiger partial charge in [0.1, 0.15) is 5.75 Å². The second-order valence-corrected chi connectivity index (χ2v) is 7.45. The van der Waals surface area contributed by atoms with Gasteiger partial charge in [-0.2, -0.15) is 4.31 Å². The van der Waals surface area contributed by atoms with E-state index >= 15 is 0 Å². The summed E-state index contributed by atoms with van der Waals surface area (Å²) in [5, 5.41) is 0.402. The van der Waals surface area contributed by atoms with E-state index < -0.39 is 10.0 Å². The molecule has 0 radical (unpaired) electrons. The molecule has 0 unspecified atom stereocenters. The second-order valence-electron chi connectivity index (χ2n) is 5.10. The summed E-state index contributed by atoms with van der Waals surface area (Å²) in [5.41, 5.74) is 0. The number of benzene rings is 1. The third kappa shape index (κ3) is 3.69. The standard InChI is InChI=1S/C14H20ClNO4S/c1-4-19-14-7-12(5-6-13(14)15)21(17,18)16-8-10(2)20-11(3)9-16/h5-7,10-11H,4,8-9H2,1-3H3/t10-,11-/m1/s1.